The van der Waals surface area contributed by atoms with E-state index in [4.69, 9.17) is 9.26 Å². The van der Waals surface area contributed by atoms with Crippen molar-refractivity contribution in [1.29, 1.82) is 0 Å². The van der Waals surface area contributed by atoms with E-state index in [1.807, 2.05) is 29.2 Å². The normalized spacial score (nSPS) is 20.3. The van der Waals surface area contributed by atoms with Gasteiger partial charge >= 0.3 is 0 Å². The van der Waals surface area contributed by atoms with Crippen LogP contribution in [0.4, 0.5) is 0 Å². The lowest BCUT2D eigenvalue weighted by atomic mass is 9.96. The minimum atomic E-state index is -0.198. The van der Waals surface area contributed by atoms with Crippen molar-refractivity contribution in [2.75, 3.05) is 53.4 Å². The van der Waals surface area contributed by atoms with Gasteiger partial charge in [0.1, 0.15) is 5.75 Å². The first-order valence-corrected chi connectivity index (χ1v) is 10.4. The Labute approximate surface area is 176 Å². The standard InChI is InChI=1S/C22H28N4O4/c1-24-10-12-25(13-11-24)21(27)16-6-5-9-26(15-16)22(28)18-14-20(30-23-18)17-7-3-4-8-19(17)29-2/h3-4,7-8,14,16H,5-6,9-13,15H2,1-2H3/t16-/m1/s1. The third-order valence-electron chi connectivity index (χ3n) is 5.97. The Bertz CT molecular complexity index is 904. The maximum Gasteiger partial charge on any atom is 0.276 e. The molecule has 2 amide bonds. The van der Waals surface area contributed by atoms with Crippen LogP contribution in [0, 0.1) is 5.92 Å². The molecular weight excluding hydrogens is 384 g/mol. The summed E-state index contributed by atoms with van der Waals surface area (Å²) >= 11 is 0. The first-order valence-electron chi connectivity index (χ1n) is 10.4. The molecule has 8 heteroatoms. The van der Waals surface area contributed by atoms with Crippen LogP contribution in [-0.4, -0.2) is 85.1 Å². The predicted molar refractivity (Wildman–Crippen MR) is 111 cm³/mol. The number of hydrogen-bond donors (Lipinski definition) is 0. The molecule has 1 atom stereocenters. The highest BCUT2D eigenvalue weighted by molar-refractivity contribution is 5.94. The minimum absolute atomic E-state index is 0.147. The summed E-state index contributed by atoms with van der Waals surface area (Å²) in [5, 5.41) is 3.99. The Hall–Kier alpha value is -2.87. The van der Waals surface area contributed by atoms with Crippen LogP contribution in [0.2, 0.25) is 0 Å². The number of methoxy groups -OCH3 is 1. The second-order valence-electron chi connectivity index (χ2n) is 8.00. The number of rotatable bonds is 4. The van der Waals surface area contributed by atoms with Crippen LogP contribution in [0.1, 0.15) is 23.3 Å². The van der Waals surface area contributed by atoms with Crippen molar-refractivity contribution < 1.29 is 18.8 Å². The first kappa shape index (κ1) is 20.4. The SMILES string of the molecule is COc1ccccc1-c1cc(C(=O)N2CCC[C@@H](C(=O)N3CCN(C)CC3)C2)no1. The van der Waals surface area contributed by atoms with E-state index in [1.165, 1.54) is 0 Å². The van der Waals surface area contributed by atoms with Gasteiger partial charge in [-0.25, -0.2) is 0 Å². The van der Waals surface area contributed by atoms with Crippen molar-refractivity contribution in [3.63, 3.8) is 0 Å². The van der Waals surface area contributed by atoms with Gasteiger partial charge in [0, 0.05) is 45.3 Å². The van der Waals surface area contributed by atoms with Crippen molar-refractivity contribution in [1.82, 2.24) is 19.9 Å². The van der Waals surface area contributed by atoms with Gasteiger partial charge < -0.3 is 24.0 Å². The fraction of sp³-hybridized carbons (Fsp3) is 0.500. The summed E-state index contributed by atoms with van der Waals surface area (Å²) < 4.78 is 10.8. The lowest BCUT2D eigenvalue weighted by Gasteiger charge is -2.37. The van der Waals surface area contributed by atoms with E-state index in [-0.39, 0.29) is 23.4 Å². The number of hydrogen-bond acceptors (Lipinski definition) is 6. The molecule has 2 fully saturated rings. The second kappa shape index (κ2) is 8.87. The van der Waals surface area contributed by atoms with Crippen LogP contribution in [0.3, 0.4) is 0 Å². The van der Waals surface area contributed by atoms with Gasteiger partial charge in [-0.2, -0.15) is 0 Å². The molecule has 4 rings (SSSR count). The highest BCUT2D eigenvalue weighted by atomic mass is 16.5. The molecule has 2 saturated heterocycles. The third-order valence-corrected chi connectivity index (χ3v) is 5.97. The molecule has 0 radical (unpaired) electrons. The van der Waals surface area contributed by atoms with Crippen molar-refractivity contribution >= 4 is 11.8 Å². The van der Waals surface area contributed by atoms with Crippen molar-refractivity contribution in [3.8, 4) is 17.1 Å². The molecule has 0 N–H and O–H groups in total. The maximum absolute atomic E-state index is 13.0. The van der Waals surface area contributed by atoms with E-state index in [0.717, 1.165) is 44.6 Å². The van der Waals surface area contributed by atoms with Crippen LogP contribution >= 0.6 is 0 Å². The molecule has 160 valence electrons. The fourth-order valence-electron chi connectivity index (χ4n) is 4.16. The molecule has 0 aliphatic carbocycles. The highest BCUT2D eigenvalue weighted by Crippen LogP contribution is 2.30. The number of ether oxygens (including phenoxy) is 1. The molecule has 8 nitrogen and oxygen atoms in total. The molecule has 0 unspecified atom stereocenters. The van der Waals surface area contributed by atoms with Crippen LogP contribution < -0.4 is 4.74 Å². The summed E-state index contributed by atoms with van der Waals surface area (Å²) in [7, 11) is 3.66. The average Bonchev–Trinajstić information content (AvgIpc) is 3.29. The number of amides is 2. The number of carbonyl (C=O) groups excluding carboxylic acids is 2. The number of benzene rings is 1. The molecule has 0 saturated carbocycles. The number of aromatic nitrogens is 1. The zero-order valence-electron chi connectivity index (χ0n) is 17.5. The van der Waals surface area contributed by atoms with Crippen molar-refractivity contribution in [2.45, 2.75) is 12.8 Å². The molecule has 2 aliphatic heterocycles. The smallest absolute Gasteiger partial charge is 0.276 e. The molecule has 0 spiro atoms. The van der Waals surface area contributed by atoms with E-state index in [0.29, 0.717) is 24.6 Å². The molecule has 1 aromatic carbocycles. The van der Waals surface area contributed by atoms with Gasteiger partial charge in [-0.1, -0.05) is 17.3 Å². The molecule has 2 aromatic rings. The molecular formula is C22H28N4O4. The van der Waals surface area contributed by atoms with Crippen molar-refractivity contribution in [2.24, 2.45) is 5.92 Å². The van der Waals surface area contributed by atoms with E-state index in [9.17, 15) is 9.59 Å². The van der Waals surface area contributed by atoms with Crippen LogP contribution in [0.25, 0.3) is 11.3 Å². The summed E-state index contributed by atoms with van der Waals surface area (Å²) in [4.78, 5) is 31.9. The number of piperazine rings is 1. The van der Waals surface area contributed by atoms with Gasteiger partial charge in [0.15, 0.2) is 11.5 Å². The molecule has 0 bridgehead atoms. The topological polar surface area (TPSA) is 79.1 Å². The Kier molecular flexibility index (Phi) is 6.03. The summed E-state index contributed by atoms with van der Waals surface area (Å²) in [6, 6.07) is 9.08. The monoisotopic (exact) mass is 412 g/mol. The Morgan fingerprint density at radius 3 is 2.63 bits per heavy atom. The van der Waals surface area contributed by atoms with Crippen LogP contribution in [-0.2, 0) is 4.79 Å². The number of nitrogens with zero attached hydrogens (tertiary/aromatic N) is 4. The van der Waals surface area contributed by atoms with Gasteiger partial charge in [0.05, 0.1) is 18.6 Å². The van der Waals surface area contributed by atoms with Crippen LogP contribution in [0.15, 0.2) is 34.9 Å². The Morgan fingerprint density at radius 2 is 1.87 bits per heavy atom. The van der Waals surface area contributed by atoms with Gasteiger partial charge in [-0.3, -0.25) is 9.59 Å². The summed E-state index contributed by atoms with van der Waals surface area (Å²) in [6.45, 7) is 4.36. The van der Waals surface area contributed by atoms with E-state index >= 15 is 0 Å². The molecule has 30 heavy (non-hydrogen) atoms. The number of para-hydroxylation sites is 1. The van der Waals surface area contributed by atoms with E-state index < -0.39 is 0 Å². The zero-order valence-corrected chi connectivity index (χ0v) is 17.5. The number of carbonyl (C=O) groups is 2. The predicted octanol–water partition coefficient (Wildman–Crippen LogP) is 1.98. The maximum atomic E-state index is 13.0. The Balaban J connectivity index is 1.43. The summed E-state index contributed by atoms with van der Waals surface area (Å²) in [5.41, 5.74) is 0.997. The number of likely N-dealkylation sites (N-methyl/N-ethyl adjacent to an activating group) is 1. The summed E-state index contributed by atoms with van der Waals surface area (Å²) in [6.07, 6.45) is 1.63. The largest absolute Gasteiger partial charge is 0.496 e. The quantitative estimate of drug-likeness (QED) is 0.764. The minimum Gasteiger partial charge on any atom is -0.496 e. The lowest BCUT2D eigenvalue weighted by molar-refractivity contribution is -0.138. The van der Waals surface area contributed by atoms with Gasteiger partial charge in [-0.15, -0.1) is 0 Å². The number of likely N-dealkylation sites (tertiary alicyclic amines) is 1. The van der Waals surface area contributed by atoms with Gasteiger partial charge in [-0.05, 0) is 32.0 Å². The van der Waals surface area contributed by atoms with Gasteiger partial charge in [0.25, 0.3) is 5.91 Å². The van der Waals surface area contributed by atoms with E-state index in [1.54, 1.807) is 18.1 Å². The average molecular weight is 412 g/mol. The molecule has 1 aromatic heterocycles. The highest BCUT2D eigenvalue weighted by Gasteiger charge is 2.33. The van der Waals surface area contributed by atoms with Gasteiger partial charge in [0.2, 0.25) is 5.91 Å². The number of piperidine rings is 1. The zero-order chi connectivity index (χ0) is 21.1. The molecule has 3 heterocycles. The summed E-state index contributed by atoms with van der Waals surface area (Å²) in [5.74, 6) is 0.958. The van der Waals surface area contributed by atoms with E-state index in [2.05, 4.69) is 17.1 Å². The third kappa shape index (κ3) is 4.18. The van der Waals surface area contributed by atoms with Crippen LogP contribution in [0.5, 0.6) is 5.75 Å². The second-order valence-corrected chi connectivity index (χ2v) is 8.00. The first-order chi connectivity index (χ1) is 14.6. The lowest BCUT2D eigenvalue weighted by Crippen LogP contribution is -2.52. The Morgan fingerprint density at radius 1 is 1.10 bits per heavy atom. The molecule has 2 aliphatic rings. The van der Waals surface area contributed by atoms with Crippen molar-refractivity contribution in [3.05, 3.63) is 36.0 Å². The fourth-order valence-corrected chi connectivity index (χ4v) is 4.16.